The maximum atomic E-state index is 12.7. The van der Waals surface area contributed by atoms with E-state index in [0.29, 0.717) is 5.92 Å². The van der Waals surface area contributed by atoms with Crippen molar-refractivity contribution in [2.45, 2.75) is 32.9 Å². The second kappa shape index (κ2) is 8.14. The van der Waals surface area contributed by atoms with Crippen LogP contribution in [0.2, 0.25) is 0 Å². The smallest absolute Gasteiger partial charge is 0.261 e. The Morgan fingerprint density at radius 3 is 3.00 bits per heavy atom. The summed E-state index contributed by atoms with van der Waals surface area (Å²) in [6, 6.07) is 8.07. The van der Waals surface area contributed by atoms with Crippen LogP contribution in [0.5, 0.6) is 0 Å². The van der Waals surface area contributed by atoms with Crippen LogP contribution in [0.3, 0.4) is 0 Å². The van der Waals surface area contributed by atoms with Crippen molar-refractivity contribution in [2.24, 2.45) is 5.92 Å². The Hall–Kier alpha value is -2.67. The molecule has 0 aromatic carbocycles. The lowest BCUT2D eigenvalue weighted by Gasteiger charge is -2.18. The predicted octanol–water partition coefficient (Wildman–Crippen LogP) is 3.67. The van der Waals surface area contributed by atoms with Crippen LogP contribution in [-0.4, -0.2) is 39.8 Å². The zero-order valence-electron chi connectivity index (χ0n) is 16.2. The first kappa shape index (κ1) is 18.7. The molecule has 146 valence electrons. The monoisotopic (exact) mass is 395 g/mol. The lowest BCUT2D eigenvalue weighted by molar-refractivity contribution is 0.0944. The number of hydrogen-bond donors (Lipinski definition) is 1. The Kier molecular flexibility index (Phi) is 5.43. The molecule has 0 unspecified atom stereocenters. The first-order valence-corrected chi connectivity index (χ1v) is 10.5. The Morgan fingerprint density at radius 2 is 2.21 bits per heavy atom. The fourth-order valence-corrected chi connectivity index (χ4v) is 4.37. The average Bonchev–Trinajstić information content (AvgIpc) is 3.42. The normalized spacial score (nSPS) is 16.7. The summed E-state index contributed by atoms with van der Waals surface area (Å²) in [6.07, 6.45) is 8.52. The molecule has 1 aliphatic rings. The van der Waals surface area contributed by atoms with E-state index >= 15 is 0 Å². The molecule has 3 aromatic rings. The van der Waals surface area contributed by atoms with Crippen LogP contribution in [0.1, 0.15) is 29.9 Å². The van der Waals surface area contributed by atoms with Crippen molar-refractivity contribution in [3.8, 4) is 10.4 Å². The number of anilines is 1. The number of nitrogens with zero attached hydrogens (tertiary/aromatic N) is 4. The molecule has 7 heteroatoms. The summed E-state index contributed by atoms with van der Waals surface area (Å²) in [7, 11) is 0. The van der Waals surface area contributed by atoms with Gasteiger partial charge in [0, 0.05) is 48.5 Å². The number of amides is 1. The molecule has 1 aliphatic heterocycles. The van der Waals surface area contributed by atoms with Crippen LogP contribution in [0.15, 0.2) is 49.1 Å². The lowest BCUT2D eigenvalue weighted by atomic mass is 10.2. The molecule has 0 radical (unpaired) electrons. The van der Waals surface area contributed by atoms with E-state index in [0.717, 1.165) is 47.1 Å². The molecule has 1 N–H and O–H groups in total. The zero-order chi connectivity index (χ0) is 19.5. The molecule has 6 nitrogen and oxygen atoms in total. The Balaban J connectivity index is 1.36. The van der Waals surface area contributed by atoms with Crippen molar-refractivity contribution in [1.82, 2.24) is 20.1 Å². The molecule has 1 atom stereocenters. The molecule has 1 saturated heterocycles. The van der Waals surface area contributed by atoms with Gasteiger partial charge >= 0.3 is 0 Å². The largest absolute Gasteiger partial charge is 0.368 e. The van der Waals surface area contributed by atoms with E-state index < -0.39 is 0 Å². The van der Waals surface area contributed by atoms with E-state index in [1.165, 1.54) is 11.3 Å². The van der Waals surface area contributed by atoms with Gasteiger partial charge in [-0.1, -0.05) is 13.8 Å². The van der Waals surface area contributed by atoms with Crippen molar-refractivity contribution in [3.05, 3.63) is 53.9 Å². The van der Waals surface area contributed by atoms with Crippen molar-refractivity contribution in [2.75, 3.05) is 18.0 Å². The molecule has 1 amide bonds. The fourth-order valence-electron chi connectivity index (χ4n) is 3.49. The van der Waals surface area contributed by atoms with Crippen molar-refractivity contribution in [1.29, 1.82) is 0 Å². The summed E-state index contributed by atoms with van der Waals surface area (Å²) in [4.78, 5) is 20.9. The number of hydrogen-bond acceptors (Lipinski definition) is 5. The second-order valence-corrected chi connectivity index (χ2v) is 8.71. The topological polar surface area (TPSA) is 63.1 Å². The summed E-state index contributed by atoms with van der Waals surface area (Å²) in [5.74, 6) is 0.555. The molecule has 4 rings (SSSR count). The van der Waals surface area contributed by atoms with Crippen molar-refractivity contribution < 1.29 is 4.79 Å². The Labute approximate surface area is 169 Å². The molecule has 0 aliphatic carbocycles. The molecular formula is C21H25N5OS. The number of carbonyl (C=O) groups is 1. The maximum Gasteiger partial charge on any atom is 0.261 e. The van der Waals surface area contributed by atoms with E-state index in [1.807, 2.05) is 35.3 Å². The highest BCUT2D eigenvalue weighted by Crippen LogP contribution is 2.28. The van der Waals surface area contributed by atoms with Crippen molar-refractivity contribution in [3.63, 3.8) is 0 Å². The number of pyridine rings is 1. The first-order chi connectivity index (χ1) is 13.6. The van der Waals surface area contributed by atoms with Gasteiger partial charge in [-0.15, -0.1) is 11.3 Å². The van der Waals surface area contributed by atoms with E-state index in [2.05, 4.69) is 46.4 Å². The van der Waals surface area contributed by atoms with Gasteiger partial charge in [0.2, 0.25) is 0 Å². The number of thiophene rings is 1. The third kappa shape index (κ3) is 4.25. The summed E-state index contributed by atoms with van der Waals surface area (Å²) in [5.41, 5.74) is 2.17. The molecule has 0 bridgehead atoms. The van der Waals surface area contributed by atoms with Gasteiger partial charge in [0.15, 0.2) is 0 Å². The van der Waals surface area contributed by atoms with Gasteiger partial charge < -0.3 is 10.2 Å². The van der Waals surface area contributed by atoms with Gasteiger partial charge in [0.1, 0.15) is 0 Å². The third-order valence-electron chi connectivity index (χ3n) is 4.83. The zero-order valence-corrected chi connectivity index (χ0v) is 17.0. The fraction of sp³-hybridized carbons (Fsp3) is 0.381. The van der Waals surface area contributed by atoms with E-state index in [1.54, 1.807) is 6.20 Å². The summed E-state index contributed by atoms with van der Waals surface area (Å²) >= 11 is 1.52. The van der Waals surface area contributed by atoms with Crippen LogP contribution in [0.25, 0.3) is 10.4 Å². The summed E-state index contributed by atoms with van der Waals surface area (Å²) < 4.78 is 1.96. The molecular weight excluding hydrogens is 370 g/mol. The molecule has 3 aromatic heterocycles. The van der Waals surface area contributed by atoms with Gasteiger partial charge in [-0.2, -0.15) is 5.10 Å². The summed E-state index contributed by atoms with van der Waals surface area (Å²) in [6.45, 7) is 6.99. The SMILES string of the molecule is CC(C)Cn1cc(-c2ccc(C(=O)N[C@H]3CCN(c4cccnc4)C3)s2)cn1. The number of rotatable bonds is 6. The number of carbonyl (C=O) groups excluding carboxylic acids is 1. The highest BCUT2D eigenvalue weighted by molar-refractivity contribution is 7.17. The van der Waals surface area contributed by atoms with Crippen LogP contribution >= 0.6 is 11.3 Å². The quantitative estimate of drug-likeness (QED) is 0.692. The average molecular weight is 396 g/mol. The minimum Gasteiger partial charge on any atom is -0.368 e. The minimum absolute atomic E-state index is 0.00357. The third-order valence-corrected chi connectivity index (χ3v) is 5.97. The number of nitrogens with one attached hydrogen (secondary N) is 1. The maximum absolute atomic E-state index is 12.7. The van der Waals surface area contributed by atoms with Crippen LogP contribution in [-0.2, 0) is 6.54 Å². The van der Waals surface area contributed by atoms with E-state index in [9.17, 15) is 4.79 Å². The van der Waals surface area contributed by atoms with Gasteiger partial charge in [-0.3, -0.25) is 14.5 Å². The summed E-state index contributed by atoms with van der Waals surface area (Å²) in [5, 5.41) is 7.60. The molecule has 1 fully saturated rings. The first-order valence-electron chi connectivity index (χ1n) is 9.67. The molecule has 4 heterocycles. The van der Waals surface area contributed by atoms with E-state index in [4.69, 9.17) is 0 Å². The van der Waals surface area contributed by atoms with Gasteiger partial charge in [-0.25, -0.2) is 0 Å². The lowest BCUT2D eigenvalue weighted by Crippen LogP contribution is -2.36. The second-order valence-electron chi connectivity index (χ2n) is 7.63. The standard InChI is InChI=1S/C21H25N5OS/c1-15(2)12-26-13-16(10-23-26)19-5-6-20(28-19)21(27)24-17-7-9-25(14-17)18-4-3-8-22-11-18/h3-6,8,10-11,13,15,17H,7,9,12,14H2,1-2H3,(H,24,27)/t17-/m0/s1. The van der Waals surface area contributed by atoms with Crippen LogP contribution in [0.4, 0.5) is 5.69 Å². The predicted molar refractivity (Wildman–Crippen MR) is 113 cm³/mol. The van der Waals surface area contributed by atoms with Crippen LogP contribution < -0.4 is 10.2 Å². The Bertz CT molecular complexity index is 933. The molecule has 0 spiro atoms. The van der Waals surface area contributed by atoms with Gasteiger partial charge in [-0.05, 0) is 36.6 Å². The van der Waals surface area contributed by atoms with Crippen molar-refractivity contribution >= 4 is 22.9 Å². The molecule has 0 saturated carbocycles. The highest BCUT2D eigenvalue weighted by Gasteiger charge is 2.25. The minimum atomic E-state index is 0.00357. The highest BCUT2D eigenvalue weighted by atomic mass is 32.1. The molecule has 28 heavy (non-hydrogen) atoms. The van der Waals surface area contributed by atoms with E-state index in [-0.39, 0.29) is 11.9 Å². The van der Waals surface area contributed by atoms with Crippen LogP contribution in [0, 0.1) is 5.92 Å². The van der Waals surface area contributed by atoms with Gasteiger partial charge in [0.25, 0.3) is 5.91 Å². The van der Waals surface area contributed by atoms with Gasteiger partial charge in [0.05, 0.1) is 23.0 Å². The Morgan fingerprint density at radius 1 is 1.32 bits per heavy atom. The number of aromatic nitrogens is 3.